The molecular formula is C30H24Cl2F5N3O3S2. The molecule has 4 aromatic rings. The monoisotopic (exact) mass is 703 g/mol. The molecule has 1 aliphatic rings. The standard InChI is InChI=1S/C30H24Cl2F5N3O3S2/c1-2-45(42,43)20-6-4-19(5-7-20)40(16-30(35,36)37)14-26(41)38-18-12-22(31)27(23(32)13-18)29(9-10-29)28-39-25(15-44-28)21-8-3-17(33)11-24(21)34/h3-8,11-13,15H,2,9-10,14,16H2,1H3,(H,38,41). The van der Waals surface area contributed by atoms with Crippen LogP contribution >= 0.6 is 34.5 Å². The molecule has 0 aliphatic heterocycles. The molecule has 1 heterocycles. The molecule has 0 bridgehead atoms. The first-order valence-electron chi connectivity index (χ1n) is 13.5. The zero-order chi connectivity index (χ0) is 32.7. The first kappa shape index (κ1) is 33.1. The number of halogens is 7. The largest absolute Gasteiger partial charge is 0.405 e. The van der Waals surface area contributed by atoms with Crippen molar-refractivity contribution in [2.24, 2.45) is 0 Å². The Hall–Kier alpha value is -3.26. The number of benzene rings is 3. The van der Waals surface area contributed by atoms with E-state index in [1.165, 1.54) is 60.7 Å². The number of sulfone groups is 1. The molecule has 15 heteroatoms. The molecule has 0 spiro atoms. The molecule has 45 heavy (non-hydrogen) atoms. The summed E-state index contributed by atoms with van der Waals surface area (Å²) < 4.78 is 92.1. The molecule has 1 saturated carbocycles. The highest BCUT2D eigenvalue weighted by atomic mass is 35.5. The summed E-state index contributed by atoms with van der Waals surface area (Å²) in [4.78, 5) is 18.2. The van der Waals surface area contributed by atoms with E-state index in [2.05, 4.69) is 10.3 Å². The SMILES string of the molecule is CCS(=O)(=O)c1ccc(N(CC(=O)Nc2cc(Cl)c(C3(c4nc(-c5ccc(F)cc5F)cs4)CC3)c(Cl)c2)CC(F)(F)F)cc1. The second kappa shape index (κ2) is 12.5. The Morgan fingerprint density at radius 3 is 2.24 bits per heavy atom. The summed E-state index contributed by atoms with van der Waals surface area (Å²) in [6.07, 6.45) is -3.37. The van der Waals surface area contributed by atoms with Crippen LogP contribution < -0.4 is 10.2 Å². The summed E-state index contributed by atoms with van der Waals surface area (Å²) in [5.74, 6) is -2.42. The minimum absolute atomic E-state index is 0.00273. The van der Waals surface area contributed by atoms with Crippen LogP contribution in [-0.4, -0.2) is 44.3 Å². The van der Waals surface area contributed by atoms with Crippen molar-refractivity contribution in [1.29, 1.82) is 0 Å². The number of anilines is 2. The summed E-state index contributed by atoms with van der Waals surface area (Å²) in [7, 11) is -3.57. The first-order valence-corrected chi connectivity index (χ1v) is 16.8. The highest BCUT2D eigenvalue weighted by Gasteiger charge is 2.51. The van der Waals surface area contributed by atoms with E-state index in [1.54, 1.807) is 5.38 Å². The number of alkyl halides is 3. The van der Waals surface area contributed by atoms with Gasteiger partial charge in [0.15, 0.2) is 9.84 Å². The Balaban J connectivity index is 1.35. The Kier molecular flexibility index (Phi) is 9.20. The van der Waals surface area contributed by atoms with Crippen LogP contribution in [0.15, 0.2) is 64.9 Å². The van der Waals surface area contributed by atoms with Gasteiger partial charge in [0, 0.05) is 44.0 Å². The van der Waals surface area contributed by atoms with Gasteiger partial charge in [-0.1, -0.05) is 30.1 Å². The zero-order valence-corrected chi connectivity index (χ0v) is 26.5. The van der Waals surface area contributed by atoms with Crippen molar-refractivity contribution in [3.8, 4) is 11.3 Å². The number of carbonyl (C=O) groups is 1. The molecule has 6 nitrogen and oxygen atoms in total. The number of hydrogen-bond acceptors (Lipinski definition) is 6. The molecule has 0 saturated heterocycles. The molecule has 5 rings (SSSR count). The maximum absolute atomic E-state index is 14.4. The smallest absolute Gasteiger partial charge is 0.353 e. The third-order valence-corrected chi connectivity index (χ3v) is 10.7. The summed E-state index contributed by atoms with van der Waals surface area (Å²) in [6, 6.07) is 10.9. The van der Waals surface area contributed by atoms with Crippen LogP contribution in [0.5, 0.6) is 0 Å². The lowest BCUT2D eigenvalue weighted by Gasteiger charge is -2.26. The quantitative estimate of drug-likeness (QED) is 0.168. The minimum Gasteiger partial charge on any atom is -0.353 e. The van der Waals surface area contributed by atoms with Gasteiger partial charge < -0.3 is 10.2 Å². The van der Waals surface area contributed by atoms with E-state index >= 15 is 0 Å². The number of nitrogens with zero attached hydrogens (tertiary/aromatic N) is 2. The summed E-state index contributed by atoms with van der Waals surface area (Å²) >= 11 is 14.6. The molecule has 3 aromatic carbocycles. The normalized spacial score (nSPS) is 14.3. The van der Waals surface area contributed by atoms with Crippen LogP contribution in [0, 0.1) is 11.6 Å². The van der Waals surface area contributed by atoms with Gasteiger partial charge in [0.05, 0.1) is 28.3 Å². The van der Waals surface area contributed by atoms with Crippen LogP contribution in [0.4, 0.5) is 33.3 Å². The molecule has 1 amide bonds. The van der Waals surface area contributed by atoms with E-state index in [-0.39, 0.29) is 37.6 Å². The van der Waals surface area contributed by atoms with E-state index in [4.69, 9.17) is 23.2 Å². The fourth-order valence-corrected chi connectivity index (χ4v) is 7.79. The van der Waals surface area contributed by atoms with Crippen LogP contribution in [0.3, 0.4) is 0 Å². The van der Waals surface area contributed by atoms with Gasteiger partial charge in [0.2, 0.25) is 5.91 Å². The van der Waals surface area contributed by atoms with Gasteiger partial charge in [-0.3, -0.25) is 4.79 Å². The highest BCUT2D eigenvalue weighted by molar-refractivity contribution is 7.91. The van der Waals surface area contributed by atoms with Crippen molar-refractivity contribution in [3.05, 3.63) is 92.2 Å². The third kappa shape index (κ3) is 7.26. The lowest BCUT2D eigenvalue weighted by atomic mass is 9.96. The van der Waals surface area contributed by atoms with Crippen molar-refractivity contribution < 1.29 is 35.2 Å². The van der Waals surface area contributed by atoms with Crippen LogP contribution in [0.2, 0.25) is 10.0 Å². The number of aromatic nitrogens is 1. The van der Waals surface area contributed by atoms with E-state index < -0.39 is 52.1 Å². The Bertz CT molecular complexity index is 1840. The van der Waals surface area contributed by atoms with Gasteiger partial charge in [-0.05, 0) is 61.4 Å². The van der Waals surface area contributed by atoms with Crippen LogP contribution in [-0.2, 0) is 20.0 Å². The number of hydrogen-bond donors (Lipinski definition) is 1. The molecule has 0 radical (unpaired) electrons. The van der Waals surface area contributed by atoms with Gasteiger partial charge in [-0.2, -0.15) is 13.2 Å². The molecule has 0 atom stereocenters. The fraction of sp³-hybridized carbons (Fsp3) is 0.267. The van der Waals surface area contributed by atoms with Crippen molar-refractivity contribution in [2.45, 2.75) is 36.3 Å². The van der Waals surface area contributed by atoms with E-state index in [1.807, 2.05) is 0 Å². The van der Waals surface area contributed by atoms with Gasteiger partial charge in [0.1, 0.15) is 23.2 Å². The van der Waals surface area contributed by atoms with E-state index in [0.717, 1.165) is 17.0 Å². The first-order chi connectivity index (χ1) is 21.1. The zero-order valence-electron chi connectivity index (χ0n) is 23.4. The second-order valence-corrected chi connectivity index (χ2v) is 14.4. The van der Waals surface area contributed by atoms with Crippen molar-refractivity contribution in [1.82, 2.24) is 4.98 Å². The number of rotatable bonds is 10. The average Bonchev–Trinajstić information content (AvgIpc) is 3.58. The Labute approximate surface area is 269 Å². The molecule has 0 unspecified atom stereocenters. The lowest BCUT2D eigenvalue weighted by molar-refractivity contribution is -0.122. The summed E-state index contributed by atoms with van der Waals surface area (Å²) in [6.45, 7) is -0.713. The predicted octanol–water partition coefficient (Wildman–Crippen LogP) is 8.28. The number of nitrogens with one attached hydrogen (secondary N) is 1. The fourth-order valence-electron chi connectivity index (χ4n) is 4.97. The number of amides is 1. The number of carbonyl (C=O) groups excluding carboxylic acids is 1. The maximum Gasteiger partial charge on any atom is 0.405 e. The Morgan fingerprint density at radius 1 is 1.04 bits per heavy atom. The maximum atomic E-state index is 14.4. The molecule has 1 aromatic heterocycles. The van der Waals surface area contributed by atoms with Gasteiger partial charge in [0.25, 0.3) is 0 Å². The molecule has 238 valence electrons. The van der Waals surface area contributed by atoms with Gasteiger partial charge in [-0.25, -0.2) is 22.2 Å². The van der Waals surface area contributed by atoms with Crippen molar-refractivity contribution in [2.75, 3.05) is 29.1 Å². The summed E-state index contributed by atoms with van der Waals surface area (Å²) in [5, 5.41) is 5.21. The molecule has 1 aliphatic carbocycles. The van der Waals surface area contributed by atoms with E-state index in [9.17, 15) is 35.2 Å². The average molecular weight is 705 g/mol. The molecule has 1 N–H and O–H groups in total. The van der Waals surface area contributed by atoms with Crippen LogP contribution in [0.1, 0.15) is 30.3 Å². The van der Waals surface area contributed by atoms with Crippen molar-refractivity contribution >= 4 is 61.7 Å². The van der Waals surface area contributed by atoms with Gasteiger partial charge in [-0.15, -0.1) is 11.3 Å². The third-order valence-electron chi connectivity index (χ3n) is 7.32. The minimum atomic E-state index is -4.65. The topological polar surface area (TPSA) is 79.4 Å². The Morgan fingerprint density at radius 2 is 1.69 bits per heavy atom. The van der Waals surface area contributed by atoms with Crippen LogP contribution in [0.25, 0.3) is 11.3 Å². The second-order valence-electron chi connectivity index (χ2n) is 10.5. The van der Waals surface area contributed by atoms with Crippen molar-refractivity contribution in [3.63, 3.8) is 0 Å². The lowest BCUT2D eigenvalue weighted by Crippen LogP contribution is -2.39. The predicted molar refractivity (Wildman–Crippen MR) is 165 cm³/mol. The van der Waals surface area contributed by atoms with Gasteiger partial charge >= 0.3 is 6.18 Å². The highest BCUT2D eigenvalue weighted by Crippen LogP contribution is 2.58. The number of thiazole rings is 1. The molecular weight excluding hydrogens is 680 g/mol. The molecule has 1 fully saturated rings. The van der Waals surface area contributed by atoms with E-state index in [0.29, 0.717) is 29.1 Å². The summed E-state index contributed by atoms with van der Waals surface area (Å²) in [5.41, 5.74) is 0.524.